The first-order valence-corrected chi connectivity index (χ1v) is 10.1. The van der Waals surface area contributed by atoms with Gasteiger partial charge in [0, 0.05) is 58.2 Å². The van der Waals surface area contributed by atoms with Crippen LogP contribution in [0.25, 0.3) is 0 Å². The van der Waals surface area contributed by atoms with Crippen LogP contribution in [-0.2, 0) is 14.3 Å². The minimum Gasteiger partial charge on any atom is -0.378 e. The Labute approximate surface area is 150 Å². The van der Waals surface area contributed by atoms with Crippen molar-refractivity contribution in [1.29, 1.82) is 0 Å². The lowest BCUT2D eigenvalue weighted by Gasteiger charge is -2.41. The minimum atomic E-state index is 0.0947. The molecule has 3 atom stereocenters. The molecule has 4 aliphatic rings. The van der Waals surface area contributed by atoms with Gasteiger partial charge < -0.3 is 14.5 Å². The number of carbonyl (C=O) groups is 2. The standard InChI is InChI=1S/C19H31N3O3/c23-18(3-4-19(24)22-9-11-25-12-10-22)21-7-5-20(6-8-21)17-14-15-1-2-16(17)13-15/h15-17H,1-14H2. The average Bonchev–Trinajstić information content (AvgIpc) is 3.30. The molecule has 0 N–H and O–H groups in total. The molecule has 25 heavy (non-hydrogen) atoms. The van der Waals surface area contributed by atoms with E-state index in [4.69, 9.17) is 4.74 Å². The molecule has 2 saturated carbocycles. The summed E-state index contributed by atoms with van der Waals surface area (Å²) in [6, 6.07) is 0.777. The van der Waals surface area contributed by atoms with Crippen LogP contribution in [0.15, 0.2) is 0 Å². The van der Waals surface area contributed by atoms with E-state index in [9.17, 15) is 9.59 Å². The summed E-state index contributed by atoms with van der Waals surface area (Å²) in [4.78, 5) is 31.1. The monoisotopic (exact) mass is 349 g/mol. The van der Waals surface area contributed by atoms with Crippen molar-refractivity contribution >= 4 is 11.8 Å². The van der Waals surface area contributed by atoms with Gasteiger partial charge in [0.05, 0.1) is 13.2 Å². The van der Waals surface area contributed by atoms with E-state index in [-0.39, 0.29) is 11.8 Å². The quantitative estimate of drug-likeness (QED) is 0.759. The van der Waals surface area contributed by atoms with Gasteiger partial charge in [-0.2, -0.15) is 0 Å². The van der Waals surface area contributed by atoms with Gasteiger partial charge in [-0.15, -0.1) is 0 Å². The van der Waals surface area contributed by atoms with Crippen molar-refractivity contribution in [2.45, 2.75) is 44.6 Å². The third kappa shape index (κ3) is 3.85. The lowest BCUT2D eigenvalue weighted by molar-refractivity contribution is -0.140. The topological polar surface area (TPSA) is 53.1 Å². The number of amides is 2. The first-order chi connectivity index (χ1) is 12.2. The van der Waals surface area contributed by atoms with Crippen LogP contribution in [0.5, 0.6) is 0 Å². The van der Waals surface area contributed by atoms with E-state index in [0.29, 0.717) is 39.1 Å². The zero-order valence-electron chi connectivity index (χ0n) is 15.2. The van der Waals surface area contributed by atoms with E-state index >= 15 is 0 Å². The van der Waals surface area contributed by atoms with Crippen molar-refractivity contribution in [3.63, 3.8) is 0 Å². The molecular weight excluding hydrogens is 318 g/mol. The number of hydrogen-bond acceptors (Lipinski definition) is 4. The SMILES string of the molecule is O=C(CCC(=O)N1CCN(C2CC3CCC2C3)CC1)N1CCOCC1. The normalized spacial score (nSPS) is 33.0. The van der Waals surface area contributed by atoms with Gasteiger partial charge >= 0.3 is 0 Å². The average molecular weight is 349 g/mol. The molecule has 2 saturated heterocycles. The summed E-state index contributed by atoms with van der Waals surface area (Å²) in [5.74, 6) is 2.13. The molecule has 0 aromatic rings. The molecule has 3 unspecified atom stereocenters. The van der Waals surface area contributed by atoms with Gasteiger partial charge in [0.2, 0.25) is 11.8 Å². The van der Waals surface area contributed by atoms with Crippen LogP contribution in [0.1, 0.15) is 38.5 Å². The van der Waals surface area contributed by atoms with E-state index in [1.165, 1.54) is 25.7 Å². The summed E-state index contributed by atoms with van der Waals surface area (Å²) in [7, 11) is 0. The van der Waals surface area contributed by atoms with Crippen molar-refractivity contribution in [2.75, 3.05) is 52.5 Å². The Hall–Kier alpha value is -1.14. The number of morpholine rings is 1. The van der Waals surface area contributed by atoms with Crippen LogP contribution in [0.4, 0.5) is 0 Å². The fourth-order valence-corrected chi connectivity index (χ4v) is 5.30. The molecule has 2 aliphatic carbocycles. The van der Waals surface area contributed by atoms with E-state index in [0.717, 1.165) is 44.1 Å². The Balaban J connectivity index is 1.18. The van der Waals surface area contributed by atoms with Gasteiger partial charge in [-0.05, 0) is 31.1 Å². The van der Waals surface area contributed by atoms with Gasteiger partial charge in [0.25, 0.3) is 0 Å². The zero-order chi connectivity index (χ0) is 17.2. The third-order valence-corrected chi connectivity index (χ3v) is 6.75. The van der Waals surface area contributed by atoms with E-state index in [1.807, 2.05) is 9.80 Å². The Kier molecular flexibility index (Phi) is 5.27. The van der Waals surface area contributed by atoms with Crippen molar-refractivity contribution in [2.24, 2.45) is 11.8 Å². The molecular formula is C19H31N3O3. The Bertz CT molecular complexity index is 498. The number of nitrogens with zero attached hydrogens (tertiary/aromatic N) is 3. The molecule has 2 aliphatic heterocycles. The highest BCUT2D eigenvalue weighted by atomic mass is 16.5. The number of hydrogen-bond donors (Lipinski definition) is 0. The summed E-state index contributed by atoms with van der Waals surface area (Å²) in [6.07, 6.45) is 6.37. The molecule has 0 radical (unpaired) electrons. The zero-order valence-corrected chi connectivity index (χ0v) is 15.2. The molecule has 0 aromatic heterocycles. The van der Waals surface area contributed by atoms with E-state index in [1.54, 1.807) is 0 Å². The Morgan fingerprint density at radius 3 is 2.00 bits per heavy atom. The summed E-state index contributed by atoms with van der Waals surface area (Å²) < 4.78 is 5.27. The lowest BCUT2D eigenvalue weighted by atomic mass is 9.93. The van der Waals surface area contributed by atoms with E-state index < -0.39 is 0 Å². The van der Waals surface area contributed by atoms with E-state index in [2.05, 4.69) is 4.90 Å². The molecule has 140 valence electrons. The predicted molar refractivity (Wildman–Crippen MR) is 94.0 cm³/mol. The fraction of sp³-hybridized carbons (Fsp3) is 0.895. The number of carbonyl (C=O) groups excluding carboxylic acids is 2. The highest BCUT2D eigenvalue weighted by Crippen LogP contribution is 2.46. The van der Waals surface area contributed by atoms with Crippen LogP contribution < -0.4 is 0 Å². The van der Waals surface area contributed by atoms with Crippen LogP contribution in [0.3, 0.4) is 0 Å². The van der Waals surface area contributed by atoms with Gasteiger partial charge in [-0.1, -0.05) is 6.42 Å². The number of rotatable bonds is 4. The third-order valence-electron chi connectivity index (χ3n) is 6.75. The number of fused-ring (bicyclic) bond motifs is 2. The highest BCUT2D eigenvalue weighted by Gasteiger charge is 2.42. The second-order valence-electron chi connectivity index (χ2n) is 8.15. The molecule has 2 amide bonds. The molecule has 0 aromatic carbocycles. The summed E-state index contributed by atoms with van der Waals surface area (Å²) in [6.45, 7) is 6.24. The maximum Gasteiger partial charge on any atom is 0.223 e. The first kappa shape index (κ1) is 17.3. The number of piperazine rings is 1. The second-order valence-corrected chi connectivity index (χ2v) is 8.15. The summed E-state index contributed by atoms with van der Waals surface area (Å²) >= 11 is 0. The van der Waals surface area contributed by atoms with Crippen molar-refractivity contribution in [1.82, 2.24) is 14.7 Å². The van der Waals surface area contributed by atoms with Gasteiger partial charge in [-0.3, -0.25) is 14.5 Å². The predicted octanol–water partition coefficient (Wildman–Crippen LogP) is 0.958. The van der Waals surface area contributed by atoms with Crippen molar-refractivity contribution in [3.8, 4) is 0 Å². The molecule has 2 bridgehead atoms. The Morgan fingerprint density at radius 2 is 1.44 bits per heavy atom. The lowest BCUT2D eigenvalue weighted by Crippen LogP contribution is -2.53. The van der Waals surface area contributed by atoms with Crippen molar-refractivity contribution in [3.05, 3.63) is 0 Å². The smallest absolute Gasteiger partial charge is 0.223 e. The van der Waals surface area contributed by atoms with Gasteiger partial charge in [-0.25, -0.2) is 0 Å². The summed E-state index contributed by atoms with van der Waals surface area (Å²) in [5, 5.41) is 0. The highest BCUT2D eigenvalue weighted by molar-refractivity contribution is 5.84. The largest absolute Gasteiger partial charge is 0.378 e. The van der Waals surface area contributed by atoms with Crippen LogP contribution in [0, 0.1) is 11.8 Å². The second kappa shape index (κ2) is 7.62. The first-order valence-electron chi connectivity index (χ1n) is 10.1. The minimum absolute atomic E-state index is 0.0947. The van der Waals surface area contributed by atoms with Crippen LogP contribution in [-0.4, -0.2) is 85.0 Å². The molecule has 4 fully saturated rings. The molecule has 2 heterocycles. The molecule has 6 heteroatoms. The van der Waals surface area contributed by atoms with Crippen molar-refractivity contribution < 1.29 is 14.3 Å². The maximum atomic E-state index is 12.5. The van der Waals surface area contributed by atoms with Crippen LogP contribution >= 0.6 is 0 Å². The van der Waals surface area contributed by atoms with Crippen LogP contribution in [0.2, 0.25) is 0 Å². The van der Waals surface area contributed by atoms with Gasteiger partial charge in [0.1, 0.15) is 0 Å². The maximum absolute atomic E-state index is 12.5. The molecule has 4 rings (SSSR count). The molecule has 0 spiro atoms. The van der Waals surface area contributed by atoms with Gasteiger partial charge in [0.15, 0.2) is 0 Å². The fourth-order valence-electron chi connectivity index (χ4n) is 5.30. The number of ether oxygens (including phenoxy) is 1. The molecule has 6 nitrogen and oxygen atoms in total. The Morgan fingerprint density at radius 1 is 0.800 bits per heavy atom. The summed E-state index contributed by atoms with van der Waals surface area (Å²) in [5.41, 5.74) is 0.